The Morgan fingerprint density at radius 1 is 1.38 bits per heavy atom. The summed E-state index contributed by atoms with van der Waals surface area (Å²) in [5.41, 5.74) is 0. The summed E-state index contributed by atoms with van der Waals surface area (Å²) >= 11 is 0. The van der Waals surface area contributed by atoms with Crippen molar-refractivity contribution in [2.45, 2.75) is 6.42 Å². The molecule has 78 valence electrons. The van der Waals surface area contributed by atoms with Gasteiger partial charge in [-0.1, -0.05) is 0 Å². The zero-order valence-electron chi connectivity index (χ0n) is 8.06. The van der Waals surface area contributed by atoms with Crippen LogP contribution >= 0.6 is 7.82 Å². The van der Waals surface area contributed by atoms with Gasteiger partial charge in [0.05, 0.1) is 19.8 Å². The largest absolute Gasteiger partial charge is 0.474 e. The number of phosphoric acid groups is 1. The van der Waals surface area contributed by atoms with Gasteiger partial charge in [-0.15, -0.1) is 0 Å². The van der Waals surface area contributed by atoms with Crippen LogP contribution < -0.4 is 0 Å². The summed E-state index contributed by atoms with van der Waals surface area (Å²) < 4.78 is 26.5. The van der Waals surface area contributed by atoms with Crippen molar-refractivity contribution in [1.29, 1.82) is 0 Å². The Bertz CT molecular complexity index is 187. The molecule has 0 unspecified atom stereocenters. The van der Waals surface area contributed by atoms with E-state index in [0.29, 0.717) is 26.4 Å². The highest BCUT2D eigenvalue weighted by molar-refractivity contribution is 7.48. The third kappa shape index (κ3) is 4.20. The van der Waals surface area contributed by atoms with E-state index in [1.807, 2.05) is 19.0 Å². The van der Waals surface area contributed by atoms with Crippen LogP contribution in [0.3, 0.4) is 0 Å². The van der Waals surface area contributed by atoms with Crippen molar-refractivity contribution >= 4 is 7.82 Å². The van der Waals surface area contributed by atoms with Gasteiger partial charge in [0.25, 0.3) is 0 Å². The fraction of sp³-hybridized carbons (Fsp3) is 1.00. The third-order valence-electron chi connectivity index (χ3n) is 1.58. The SMILES string of the molecule is CN(C)CCOP1(=O)OCCCO1. The molecule has 0 saturated carbocycles. The quantitative estimate of drug-likeness (QED) is 0.649. The Morgan fingerprint density at radius 2 is 2.00 bits per heavy atom. The molecule has 1 aliphatic heterocycles. The van der Waals surface area contributed by atoms with E-state index in [9.17, 15) is 4.57 Å². The zero-order chi connectivity index (χ0) is 9.73. The highest BCUT2D eigenvalue weighted by Crippen LogP contribution is 2.51. The van der Waals surface area contributed by atoms with Gasteiger partial charge >= 0.3 is 7.82 Å². The molecule has 13 heavy (non-hydrogen) atoms. The first-order valence-corrected chi connectivity index (χ1v) is 5.77. The summed E-state index contributed by atoms with van der Waals surface area (Å²) in [6.07, 6.45) is 0.779. The zero-order valence-corrected chi connectivity index (χ0v) is 8.96. The van der Waals surface area contributed by atoms with Gasteiger partial charge in [0.2, 0.25) is 0 Å². The molecule has 0 spiro atoms. The van der Waals surface area contributed by atoms with Gasteiger partial charge < -0.3 is 4.90 Å². The standard InChI is InChI=1S/C7H16NO4P/c1-8(2)4-7-12-13(9)10-5-3-6-11-13/h3-7H2,1-2H3. The van der Waals surface area contributed by atoms with Crippen LogP contribution in [0.2, 0.25) is 0 Å². The van der Waals surface area contributed by atoms with Crippen molar-refractivity contribution in [3.8, 4) is 0 Å². The van der Waals surface area contributed by atoms with E-state index in [4.69, 9.17) is 13.6 Å². The Kier molecular flexibility index (Phi) is 4.35. The van der Waals surface area contributed by atoms with Crippen LogP contribution in [-0.2, 0) is 18.1 Å². The van der Waals surface area contributed by atoms with Gasteiger partial charge in [-0.2, -0.15) is 0 Å². The number of phosphoric ester groups is 1. The first-order chi connectivity index (χ1) is 6.12. The fourth-order valence-corrected chi connectivity index (χ4v) is 2.09. The lowest BCUT2D eigenvalue weighted by molar-refractivity contribution is 0.0714. The minimum atomic E-state index is -3.20. The summed E-state index contributed by atoms with van der Waals surface area (Å²) in [5, 5.41) is 0. The lowest BCUT2D eigenvalue weighted by Gasteiger charge is -2.22. The monoisotopic (exact) mass is 209 g/mol. The maximum absolute atomic E-state index is 11.5. The lowest BCUT2D eigenvalue weighted by atomic mass is 10.5. The van der Waals surface area contributed by atoms with Gasteiger partial charge in [-0.05, 0) is 20.5 Å². The van der Waals surface area contributed by atoms with Crippen molar-refractivity contribution in [2.24, 2.45) is 0 Å². The summed E-state index contributed by atoms with van der Waals surface area (Å²) in [5.74, 6) is 0. The van der Waals surface area contributed by atoms with Crippen molar-refractivity contribution < 1.29 is 18.1 Å². The van der Waals surface area contributed by atoms with Crippen molar-refractivity contribution in [3.63, 3.8) is 0 Å². The Hall–Kier alpha value is 0.0700. The molecule has 1 aliphatic rings. The second kappa shape index (κ2) is 5.08. The predicted octanol–water partition coefficient (Wildman–Crippen LogP) is 1.11. The molecule has 6 heteroatoms. The van der Waals surface area contributed by atoms with Crippen LogP contribution in [0.1, 0.15) is 6.42 Å². The maximum Gasteiger partial charge on any atom is 0.474 e. The van der Waals surface area contributed by atoms with Crippen LogP contribution in [0.5, 0.6) is 0 Å². The molecule has 0 aromatic rings. The number of rotatable bonds is 4. The Labute approximate surface area is 78.6 Å². The molecule has 0 bridgehead atoms. The molecular formula is C7H16NO4P. The highest BCUT2D eigenvalue weighted by atomic mass is 31.2. The van der Waals surface area contributed by atoms with E-state index in [2.05, 4.69) is 0 Å². The molecule has 0 atom stereocenters. The normalized spacial score (nSPS) is 22.1. The first-order valence-electron chi connectivity index (χ1n) is 4.31. The van der Waals surface area contributed by atoms with Gasteiger partial charge in [0.15, 0.2) is 0 Å². The summed E-state index contributed by atoms with van der Waals surface area (Å²) in [4.78, 5) is 1.94. The average molecular weight is 209 g/mol. The van der Waals surface area contributed by atoms with Crippen LogP contribution in [-0.4, -0.2) is 45.4 Å². The molecule has 0 aliphatic carbocycles. The Morgan fingerprint density at radius 3 is 2.54 bits per heavy atom. The molecular weight excluding hydrogens is 193 g/mol. The molecule has 0 aromatic carbocycles. The van der Waals surface area contributed by atoms with E-state index in [-0.39, 0.29) is 0 Å². The van der Waals surface area contributed by atoms with Crippen LogP contribution in [0.15, 0.2) is 0 Å². The third-order valence-corrected chi connectivity index (χ3v) is 3.07. The topological polar surface area (TPSA) is 48.0 Å². The smallest absolute Gasteiger partial charge is 0.307 e. The second-order valence-corrected chi connectivity index (χ2v) is 4.77. The van der Waals surface area contributed by atoms with Crippen LogP contribution in [0, 0.1) is 0 Å². The van der Waals surface area contributed by atoms with Gasteiger partial charge in [-0.25, -0.2) is 4.57 Å². The van der Waals surface area contributed by atoms with Gasteiger partial charge in [0.1, 0.15) is 0 Å². The van der Waals surface area contributed by atoms with Crippen LogP contribution in [0.25, 0.3) is 0 Å². The molecule has 0 amide bonds. The van der Waals surface area contributed by atoms with E-state index in [0.717, 1.165) is 6.42 Å². The molecule has 1 rings (SSSR count). The molecule has 1 fully saturated rings. The molecule has 0 N–H and O–H groups in total. The second-order valence-electron chi connectivity index (χ2n) is 3.10. The maximum atomic E-state index is 11.5. The van der Waals surface area contributed by atoms with Crippen molar-refractivity contribution in [1.82, 2.24) is 4.90 Å². The van der Waals surface area contributed by atoms with Gasteiger partial charge in [0, 0.05) is 6.54 Å². The van der Waals surface area contributed by atoms with Crippen molar-refractivity contribution in [3.05, 3.63) is 0 Å². The summed E-state index contributed by atoms with van der Waals surface area (Å²) in [6.45, 7) is 1.99. The number of likely N-dealkylation sites (N-methyl/N-ethyl adjacent to an activating group) is 1. The van der Waals surface area contributed by atoms with E-state index in [1.165, 1.54) is 0 Å². The van der Waals surface area contributed by atoms with Crippen molar-refractivity contribution in [2.75, 3.05) is 40.5 Å². The van der Waals surface area contributed by atoms with Gasteiger partial charge in [-0.3, -0.25) is 13.6 Å². The fourth-order valence-electron chi connectivity index (χ4n) is 0.859. The highest BCUT2D eigenvalue weighted by Gasteiger charge is 2.29. The number of nitrogens with zero attached hydrogens (tertiary/aromatic N) is 1. The minimum absolute atomic E-state index is 0.365. The summed E-state index contributed by atoms with van der Waals surface area (Å²) in [6, 6.07) is 0. The Balaban J connectivity index is 2.21. The predicted molar refractivity (Wildman–Crippen MR) is 48.6 cm³/mol. The lowest BCUT2D eigenvalue weighted by Crippen LogP contribution is -2.19. The minimum Gasteiger partial charge on any atom is -0.307 e. The molecule has 0 aromatic heterocycles. The van der Waals surface area contributed by atoms with E-state index >= 15 is 0 Å². The summed E-state index contributed by atoms with van der Waals surface area (Å²) in [7, 11) is 0.641. The molecule has 0 radical (unpaired) electrons. The van der Waals surface area contributed by atoms with Crippen LogP contribution in [0.4, 0.5) is 0 Å². The molecule has 5 nitrogen and oxygen atoms in total. The average Bonchev–Trinajstić information content (AvgIpc) is 2.04. The van der Waals surface area contributed by atoms with E-state index in [1.54, 1.807) is 0 Å². The number of hydrogen-bond donors (Lipinski definition) is 0. The molecule has 1 heterocycles. The first kappa shape index (κ1) is 11.1. The number of hydrogen-bond acceptors (Lipinski definition) is 5. The van der Waals surface area contributed by atoms with E-state index < -0.39 is 7.82 Å². The molecule has 1 saturated heterocycles.